The van der Waals surface area contributed by atoms with E-state index in [9.17, 15) is 4.79 Å². The van der Waals surface area contributed by atoms with E-state index in [0.717, 1.165) is 33.2 Å². The minimum Gasteiger partial charge on any atom is -0.488 e. The summed E-state index contributed by atoms with van der Waals surface area (Å²) in [6.07, 6.45) is 1.88. The minimum atomic E-state index is -0.191. The first-order valence-electron chi connectivity index (χ1n) is 10.8. The first-order valence-corrected chi connectivity index (χ1v) is 12.0. The zero-order valence-corrected chi connectivity index (χ0v) is 20.0. The van der Waals surface area contributed by atoms with Gasteiger partial charge >= 0.3 is 0 Å². The van der Waals surface area contributed by atoms with Crippen molar-refractivity contribution >= 4 is 57.0 Å². The monoisotopic (exact) mass is 484 g/mol. The summed E-state index contributed by atoms with van der Waals surface area (Å²) in [5.74, 6) is 0.531. The molecule has 4 nitrogen and oxygen atoms in total. The van der Waals surface area contributed by atoms with Crippen LogP contribution in [0.15, 0.2) is 94.8 Å². The molecule has 34 heavy (non-hydrogen) atoms. The summed E-state index contributed by atoms with van der Waals surface area (Å²) in [4.78, 5) is 17.9. The molecule has 1 fully saturated rings. The molecule has 1 N–H and O–H groups in total. The predicted octanol–water partition coefficient (Wildman–Crippen LogP) is 7.27. The van der Waals surface area contributed by atoms with Crippen LogP contribution in [0.5, 0.6) is 5.75 Å². The van der Waals surface area contributed by atoms with Crippen LogP contribution in [0.4, 0.5) is 5.69 Å². The van der Waals surface area contributed by atoms with Gasteiger partial charge in [0.25, 0.3) is 5.91 Å². The molecular formula is C28H21ClN2O2S. The second-order valence-corrected chi connectivity index (χ2v) is 9.33. The zero-order chi connectivity index (χ0) is 23.5. The lowest BCUT2D eigenvalue weighted by molar-refractivity contribution is -0.115. The lowest BCUT2D eigenvalue weighted by Gasteiger charge is -2.12. The highest BCUT2D eigenvalue weighted by Crippen LogP contribution is 2.35. The Hall–Kier alpha value is -3.54. The van der Waals surface area contributed by atoms with Crippen LogP contribution < -0.4 is 10.1 Å². The number of carbonyl (C=O) groups is 1. The summed E-state index contributed by atoms with van der Waals surface area (Å²) in [6.45, 7) is 2.38. The van der Waals surface area contributed by atoms with E-state index in [1.54, 1.807) is 6.07 Å². The summed E-state index contributed by atoms with van der Waals surface area (Å²) < 4.78 is 6.19. The number of ether oxygens (including phenoxy) is 1. The molecule has 4 aromatic rings. The van der Waals surface area contributed by atoms with Gasteiger partial charge in [0, 0.05) is 10.6 Å². The van der Waals surface area contributed by atoms with Gasteiger partial charge in [-0.2, -0.15) is 0 Å². The third kappa shape index (κ3) is 4.86. The number of rotatable bonds is 5. The van der Waals surface area contributed by atoms with Crippen LogP contribution in [-0.2, 0) is 11.4 Å². The highest BCUT2D eigenvalue weighted by molar-refractivity contribution is 8.18. The molecule has 0 radical (unpaired) electrons. The third-order valence-corrected chi connectivity index (χ3v) is 6.80. The fourth-order valence-electron chi connectivity index (χ4n) is 3.67. The number of thioether (sulfide) groups is 1. The fraction of sp³-hybridized carbons (Fsp3) is 0.0714. The van der Waals surface area contributed by atoms with E-state index in [0.29, 0.717) is 27.4 Å². The highest BCUT2D eigenvalue weighted by atomic mass is 35.5. The van der Waals surface area contributed by atoms with Crippen molar-refractivity contribution in [1.82, 2.24) is 5.32 Å². The lowest BCUT2D eigenvalue weighted by atomic mass is 10.0. The van der Waals surface area contributed by atoms with E-state index in [1.807, 2.05) is 91.9 Å². The van der Waals surface area contributed by atoms with Crippen LogP contribution >= 0.6 is 23.4 Å². The molecule has 1 aliphatic heterocycles. The van der Waals surface area contributed by atoms with Gasteiger partial charge in [0.1, 0.15) is 12.4 Å². The SMILES string of the molecule is Cc1ccc(N=C2NC(=O)/C(=C/c3c(OCc4ccccc4)ccc4ccccc34)S2)cc1Cl. The number of hydrogen-bond acceptors (Lipinski definition) is 4. The van der Waals surface area contributed by atoms with Crippen molar-refractivity contribution < 1.29 is 9.53 Å². The second kappa shape index (κ2) is 9.75. The Morgan fingerprint density at radius 2 is 1.79 bits per heavy atom. The molecule has 0 aliphatic carbocycles. The molecule has 0 saturated carbocycles. The Balaban J connectivity index is 1.49. The number of carbonyl (C=O) groups excluding carboxylic acids is 1. The zero-order valence-electron chi connectivity index (χ0n) is 18.4. The van der Waals surface area contributed by atoms with Gasteiger partial charge < -0.3 is 10.1 Å². The largest absolute Gasteiger partial charge is 0.488 e. The first kappa shape index (κ1) is 22.3. The van der Waals surface area contributed by atoms with E-state index < -0.39 is 0 Å². The number of aryl methyl sites for hydroxylation is 1. The van der Waals surface area contributed by atoms with Crippen molar-refractivity contribution in [3.05, 3.63) is 112 Å². The van der Waals surface area contributed by atoms with E-state index in [1.165, 1.54) is 11.8 Å². The maximum atomic E-state index is 12.8. The molecule has 4 aromatic carbocycles. The molecule has 1 amide bonds. The number of halogens is 1. The van der Waals surface area contributed by atoms with Gasteiger partial charge in [0.05, 0.1) is 10.6 Å². The number of amidine groups is 1. The van der Waals surface area contributed by atoms with E-state index in [4.69, 9.17) is 16.3 Å². The number of fused-ring (bicyclic) bond motifs is 1. The molecule has 0 unspecified atom stereocenters. The second-order valence-electron chi connectivity index (χ2n) is 7.89. The maximum absolute atomic E-state index is 12.8. The van der Waals surface area contributed by atoms with Crippen molar-refractivity contribution in [2.45, 2.75) is 13.5 Å². The molecule has 1 saturated heterocycles. The van der Waals surface area contributed by atoms with Gasteiger partial charge in [-0.05, 0) is 64.9 Å². The van der Waals surface area contributed by atoms with Crippen molar-refractivity contribution in [3.63, 3.8) is 0 Å². The molecule has 0 aromatic heterocycles. The van der Waals surface area contributed by atoms with Crippen LogP contribution in [0.1, 0.15) is 16.7 Å². The maximum Gasteiger partial charge on any atom is 0.264 e. The average molecular weight is 485 g/mol. The number of nitrogens with one attached hydrogen (secondary N) is 1. The molecular weight excluding hydrogens is 464 g/mol. The highest BCUT2D eigenvalue weighted by Gasteiger charge is 2.25. The Bertz CT molecular complexity index is 1450. The molecule has 0 bridgehead atoms. The average Bonchev–Trinajstić information content (AvgIpc) is 3.20. The van der Waals surface area contributed by atoms with Gasteiger partial charge in [0.15, 0.2) is 5.17 Å². The standard InChI is InChI=1S/C28H21ClN2O2S/c1-18-11-13-21(15-24(18)29)30-28-31-27(32)26(34-28)16-23-22-10-6-5-9-20(22)12-14-25(23)33-17-19-7-3-2-4-8-19/h2-16H,17H2,1H3,(H,30,31,32)/b26-16-. The Labute approximate surface area is 207 Å². The van der Waals surface area contributed by atoms with Gasteiger partial charge in [-0.25, -0.2) is 4.99 Å². The molecule has 1 aliphatic rings. The Morgan fingerprint density at radius 1 is 1.00 bits per heavy atom. The molecule has 6 heteroatoms. The Kier molecular flexibility index (Phi) is 6.39. The number of benzene rings is 4. The van der Waals surface area contributed by atoms with Crippen LogP contribution in [-0.4, -0.2) is 11.1 Å². The number of amides is 1. The predicted molar refractivity (Wildman–Crippen MR) is 142 cm³/mol. The van der Waals surface area contributed by atoms with Gasteiger partial charge in [0.2, 0.25) is 0 Å². The minimum absolute atomic E-state index is 0.191. The first-order chi connectivity index (χ1) is 16.6. The van der Waals surface area contributed by atoms with Crippen molar-refractivity contribution in [2.75, 3.05) is 0 Å². The quantitative estimate of drug-likeness (QED) is 0.303. The van der Waals surface area contributed by atoms with Gasteiger partial charge in [-0.15, -0.1) is 0 Å². The number of aliphatic imine (C=N–C) groups is 1. The third-order valence-electron chi connectivity index (χ3n) is 5.48. The fourth-order valence-corrected chi connectivity index (χ4v) is 4.66. The molecule has 0 spiro atoms. The molecule has 0 atom stereocenters. The lowest BCUT2D eigenvalue weighted by Crippen LogP contribution is -2.19. The summed E-state index contributed by atoms with van der Waals surface area (Å²) in [7, 11) is 0. The van der Waals surface area contributed by atoms with E-state index in [-0.39, 0.29) is 5.91 Å². The summed E-state index contributed by atoms with van der Waals surface area (Å²) in [5.41, 5.74) is 3.62. The topological polar surface area (TPSA) is 50.7 Å². The molecule has 1 heterocycles. The molecule has 168 valence electrons. The summed E-state index contributed by atoms with van der Waals surface area (Å²) in [6, 6.07) is 27.7. The summed E-state index contributed by atoms with van der Waals surface area (Å²) >= 11 is 7.52. The van der Waals surface area contributed by atoms with Crippen LogP contribution in [0.2, 0.25) is 5.02 Å². The van der Waals surface area contributed by atoms with Crippen LogP contribution in [0, 0.1) is 6.92 Å². The number of hydrogen-bond donors (Lipinski definition) is 1. The van der Waals surface area contributed by atoms with E-state index in [2.05, 4.69) is 10.3 Å². The van der Waals surface area contributed by atoms with Crippen LogP contribution in [0.25, 0.3) is 16.8 Å². The summed E-state index contributed by atoms with van der Waals surface area (Å²) in [5, 5.41) is 6.11. The van der Waals surface area contributed by atoms with Crippen LogP contribution in [0.3, 0.4) is 0 Å². The number of nitrogens with zero attached hydrogens (tertiary/aromatic N) is 1. The molecule has 5 rings (SSSR count). The smallest absolute Gasteiger partial charge is 0.264 e. The normalized spacial score (nSPS) is 15.8. The van der Waals surface area contributed by atoms with E-state index >= 15 is 0 Å². The van der Waals surface area contributed by atoms with Crippen molar-refractivity contribution in [2.24, 2.45) is 4.99 Å². The van der Waals surface area contributed by atoms with Gasteiger partial charge in [-0.3, -0.25) is 4.79 Å². The van der Waals surface area contributed by atoms with Gasteiger partial charge in [-0.1, -0.05) is 78.3 Å². The Morgan fingerprint density at radius 3 is 2.62 bits per heavy atom. The van der Waals surface area contributed by atoms with Crippen molar-refractivity contribution in [3.8, 4) is 5.75 Å². The van der Waals surface area contributed by atoms with Crippen molar-refractivity contribution in [1.29, 1.82) is 0 Å².